The molecule has 1 aromatic heterocycles. The molecule has 3 N–H and O–H groups in total. The first-order valence-electron chi connectivity index (χ1n) is 12.3. The maximum atomic E-state index is 14.7. The van der Waals surface area contributed by atoms with E-state index in [1.807, 2.05) is 13.8 Å². The Hall–Kier alpha value is -3.60. The lowest BCUT2D eigenvalue weighted by Gasteiger charge is -2.31. The van der Waals surface area contributed by atoms with Crippen molar-refractivity contribution in [2.75, 3.05) is 36.8 Å². The van der Waals surface area contributed by atoms with Gasteiger partial charge in [0.2, 0.25) is 5.91 Å². The predicted molar refractivity (Wildman–Crippen MR) is 135 cm³/mol. The van der Waals surface area contributed by atoms with E-state index >= 15 is 0 Å². The minimum atomic E-state index is -1.18. The third-order valence-corrected chi connectivity index (χ3v) is 6.23. The Morgan fingerprint density at radius 3 is 2.57 bits per heavy atom. The summed E-state index contributed by atoms with van der Waals surface area (Å²) in [6, 6.07) is 6.89. The van der Waals surface area contributed by atoms with Crippen LogP contribution in [0.2, 0.25) is 0 Å². The van der Waals surface area contributed by atoms with Gasteiger partial charge in [0.15, 0.2) is 11.6 Å². The number of aromatic nitrogens is 2. The first-order valence-corrected chi connectivity index (χ1v) is 12.3. The monoisotopic (exact) mass is 516 g/mol. The van der Waals surface area contributed by atoms with Gasteiger partial charge >= 0.3 is 6.01 Å². The molecule has 1 saturated heterocycles. The average molecular weight is 517 g/mol. The summed E-state index contributed by atoms with van der Waals surface area (Å²) < 4.78 is 48.7. The lowest BCUT2D eigenvalue weighted by Crippen LogP contribution is -2.43. The van der Waals surface area contributed by atoms with Crippen molar-refractivity contribution in [1.29, 1.82) is 0 Å². The van der Waals surface area contributed by atoms with Gasteiger partial charge in [0.25, 0.3) is 5.89 Å². The van der Waals surface area contributed by atoms with Crippen LogP contribution in [0.5, 0.6) is 0 Å². The number of piperidine rings is 1. The van der Waals surface area contributed by atoms with E-state index in [1.165, 1.54) is 18.2 Å². The molecule has 0 radical (unpaired) electrons. The van der Waals surface area contributed by atoms with Gasteiger partial charge in [-0.1, -0.05) is 11.2 Å². The van der Waals surface area contributed by atoms with E-state index in [1.54, 1.807) is 13.0 Å². The van der Waals surface area contributed by atoms with E-state index in [0.717, 1.165) is 32.0 Å². The van der Waals surface area contributed by atoms with Crippen molar-refractivity contribution < 1.29 is 22.4 Å². The number of halogens is 3. The summed E-state index contributed by atoms with van der Waals surface area (Å²) in [4.78, 5) is 14.4. The number of benzene rings is 2. The summed E-state index contributed by atoms with van der Waals surface area (Å²) in [5.41, 5.74) is 0.472. The Bertz CT molecular complexity index is 1240. The minimum Gasteiger partial charge on any atom is -0.403 e. The van der Waals surface area contributed by atoms with Gasteiger partial charge in [0.05, 0.1) is 16.9 Å². The fourth-order valence-electron chi connectivity index (χ4n) is 4.25. The average Bonchev–Trinajstić information content (AvgIpc) is 3.32. The molecule has 4 rings (SSSR count). The van der Waals surface area contributed by atoms with Crippen LogP contribution >= 0.6 is 0 Å². The van der Waals surface area contributed by atoms with E-state index < -0.39 is 17.5 Å². The fraction of sp³-hybridized carbons (Fsp3) is 0.423. The van der Waals surface area contributed by atoms with Crippen LogP contribution in [-0.2, 0) is 4.79 Å². The van der Waals surface area contributed by atoms with Crippen LogP contribution in [0.25, 0.3) is 11.5 Å². The Balaban J connectivity index is 1.37. The molecule has 0 bridgehead atoms. The Kier molecular flexibility index (Phi) is 8.32. The third-order valence-electron chi connectivity index (χ3n) is 6.23. The van der Waals surface area contributed by atoms with Gasteiger partial charge in [-0.25, -0.2) is 13.2 Å². The third kappa shape index (κ3) is 6.59. The zero-order valence-electron chi connectivity index (χ0n) is 21.1. The number of carbonyl (C=O) groups is 1. The molecule has 198 valence electrons. The number of likely N-dealkylation sites (tertiary alicyclic amines) is 1. The van der Waals surface area contributed by atoms with Crippen molar-refractivity contribution in [2.24, 2.45) is 5.92 Å². The molecule has 1 aliphatic heterocycles. The second kappa shape index (κ2) is 11.6. The molecule has 1 amide bonds. The highest BCUT2D eigenvalue weighted by molar-refractivity contribution is 5.79. The molecule has 0 saturated carbocycles. The van der Waals surface area contributed by atoms with Crippen molar-refractivity contribution in [3.05, 3.63) is 53.3 Å². The van der Waals surface area contributed by atoms with Gasteiger partial charge in [-0.05, 0) is 76.5 Å². The zero-order chi connectivity index (χ0) is 26.5. The van der Waals surface area contributed by atoms with Crippen LogP contribution in [0.3, 0.4) is 0 Å². The smallest absolute Gasteiger partial charge is 0.315 e. The van der Waals surface area contributed by atoms with E-state index in [2.05, 4.69) is 31.0 Å². The number of anilines is 3. The summed E-state index contributed by atoms with van der Waals surface area (Å²) in [6.45, 7) is 8.48. The topological polar surface area (TPSA) is 95.3 Å². The summed E-state index contributed by atoms with van der Waals surface area (Å²) in [5, 5.41) is 16.5. The van der Waals surface area contributed by atoms with Crippen LogP contribution in [0, 0.1) is 30.3 Å². The molecule has 3 aromatic rings. The molecule has 2 heterocycles. The van der Waals surface area contributed by atoms with E-state index in [0.29, 0.717) is 18.7 Å². The molecular formula is C26H31F3N6O2. The number of nitrogens with zero attached hydrogens (tertiary/aromatic N) is 3. The molecule has 11 heteroatoms. The molecule has 2 aromatic carbocycles. The maximum Gasteiger partial charge on any atom is 0.315 e. The molecule has 0 atom stereocenters. The van der Waals surface area contributed by atoms with Crippen LogP contribution < -0.4 is 16.0 Å². The molecule has 1 aliphatic rings. The van der Waals surface area contributed by atoms with Gasteiger partial charge in [-0.3, -0.25) is 4.79 Å². The van der Waals surface area contributed by atoms with Crippen molar-refractivity contribution in [2.45, 2.75) is 39.7 Å². The quantitative estimate of drug-likeness (QED) is 0.374. The number of aryl methyl sites for hydroxylation is 1. The standard InChI is InChI=1S/C26H31F3N6O2/c1-15(2)31-24(36)17-8-11-35(12-9-17)13-10-30-26-34-33-25(37-26)18-5-6-19(27)22(29)23(18)32-21-7-4-16(3)14-20(21)28/h4-7,14-15,17,32H,8-13H2,1-3H3,(H,30,34)(H,31,36). The molecule has 37 heavy (non-hydrogen) atoms. The van der Waals surface area contributed by atoms with E-state index in [-0.39, 0.29) is 46.7 Å². The normalized spacial score (nSPS) is 14.7. The van der Waals surface area contributed by atoms with E-state index in [9.17, 15) is 18.0 Å². The zero-order valence-corrected chi connectivity index (χ0v) is 21.1. The van der Waals surface area contributed by atoms with Crippen molar-refractivity contribution in [3.8, 4) is 11.5 Å². The summed E-state index contributed by atoms with van der Waals surface area (Å²) in [6.07, 6.45) is 1.60. The second-order valence-corrected chi connectivity index (χ2v) is 9.51. The highest BCUT2D eigenvalue weighted by Gasteiger charge is 2.25. The summed E-state index contributed by atoms with van der Waals surface area (Å²) >= 11 is 0. The maximum absolute atomic E-state index is 14.7. The molecule has 8 nitrogen and oxygen atoms in total. The first-order chi connectivity index (χ1) is 17.7. The number of carbonyl (C=O) groups excluding carboxylic acids is 1. The lowest BCUT2D eigenvalue weighted by molar-refractivity contribution is -0.126. The largest absolute Gasteiger partial charge is 0.403 e. The molecule has 0 unspecified atom stereocenters. The number of nitrogens with one attached hydrogen (secondary N) is 3. The van der Waals surface area contributed by atoms with Crippen LogP contribution in [0.1, 0.15) is 32.3 Å². The second-order valence-electron chi connectivity index (χ2n) is 9.51. The Labute approximate surface area is 213 Å². The Morgan fingerprint density at radius 1 is 1.11 bits per heavy atom. The number of hydrogen-bond acceptors (Lipinski definition) is 7. The fourth-order valence-corrected chi connectivity index (χ4v) is 4.25. The van der Waals surface area contributed by atoms with Crippen LogP contribution in [0.4, 0.5) is 30.6 Å². The molecule has 0 spiro atoms. The van der Waals surface area contributed by atoms with Gasteiger partial charge in [0, 0.05) is 25.0 Å². The Morgan fingerprint density at radius 2 is 1.86 bits per heavy atom. The highest BCUT2D eigenvalue weighted by atomic mass is 19.2. The van der Waals surface area contributed by atoms with Crippen LogP contribution in [0.15, 0.2) is 34.7 Å². The predicted octanol–water partition coefficient (Wildman–Crippen LogP) is 4.85. The molecule has 0 aliphatic carbocycles. The van der Waals surface area contributed by atoms with Crippen molar-refractivity contribution >= 4 is 23.3 Å². The van der Waals surface area contributed by atoms with Gasteiger partial charge in [-0.15, -0.1) is 5.10 Å². The van der Waals surface area contributed by atoms with Crippen LogP contribution in [-0.4, -0.2) is 53.2 Å². The molecular weight excluding hydrogens is 485 g/mol. The van der Waals surface area contributed by atoms with Crippen molar-refractivity contribution in [1.82, 2.24) is 20.4 Å². The lowest BCUT2D eigenvalue weighted by atomic mass is 9.95. The van der Waals surface area contributed by atoms with Crippen molar-refractivity contribution in [3.63, 3.8) is 0 Å². The first kappa shape index (κ1) is 26.5. The number of amides is 1. The minimum absolute atomic E-state index is 0.0142. The number of rotatable bonds is 9. The number of hydrogen-bond donors (Lipinski definition) is 3. The summed E-state index contributed by atoms with van der Waals surface area (Å²) in [5.74, 6) is -2.78. The molecule has 1 fully saturated rings. The van der Waals surface area contributed by atoms with Gasteiger partial charge in [-0.2, -0.15) is 0 Å². The van der Waals surface area contributed by atoms with Gasteiger partial charge < -0.3 is 25.3 Å². The van der Waals surface area contributed by atoms with Gasteiger partial charge in [0.1, 0.15) is 5.82 Å². The SMILES string of the molecule is Cc1ccc(Nc2c(-c3nnc(NCCN4CCC(C(=O)NC(C)C)CC4)o3)ccc(F)c2F)c(F)c1. The van der Waals surface area contributed by atoms with E-state index in [4.69, 9.17) is 4.42 Å². The summed E-state index contributed by atoms with van der Waals surface area (Å²) in [7, 11) is 0. The highest BCUT2D eigenvalue weighted by Crippen LogP contribution is 2.34.